The van der Waals surface area contributed by atoms with E-state index in [1.54, 1.807) is 11.3 Å². The molecule has 0 bridgehead atoms. The Balaban J connectivity index is 1.65. The number of fused-ring (bicyclic) bond motifs is 1. The maximum atomic E-state index is 13.4. The highest BCUT2D eigenvalue weighted by Gasteiger charge is 2.22. The highest BCUT2D eigenvalue weighted by Crippen LogP contribution is 2.33. The van der Waals surface area contributed by atoms with Crippen molar-refractivity contribution in [1.29, 1.82) is 0 Å². The van der Waals surface area contributed by atoms with E-state index in [1.165, 1.54) is 11.1 Å². The second-order valence-electron chi connectivity index (χ2n) is 8.16. The summed E-state index contributed by atoms with van der Waals surface area (Å²) in [5.74, 6) is 0.0833. The van der Waals surface area contributed by atoms with Gasteiger partial charge in [0.2, 0.25) is 5.91 Å². The van der Waals surface area contributed by atoms with Gasteiger partial charge in [-0.05, 0) is 62.4 Å². The third-order valence-electron chi connectivity index (χ3n) is 5.77. The van der Waals surface area contributed by atoms with Crippen LogP contribution in [0.15, 0.2) is 42.5 Å². The number of hydrogen-bond acceptors (Lipinski definition) is 4. The number of nitrogens with zero attached hydrogens (tertiary/aromatic N) is 4. The van der Waals surface area contributed by atoms with Gasteiger partial charge in [-0.3, -0.25) is 14.4 Å². The zero-order valence-corrected chi connectivity index (χ0v) is 19.6. The summed E-state index contributed by atoms with van der Waals surface area (Å²) in [7, 11) is 1.95. The van der Waals surface area contributed by atoms with Crippen molar-refractivity contribution in [2.45, 2.75) is 47.1 Å². The molecular formula is C25H28N4OS. The summed E-state index contributed by atoms with van der Waals surface area (Å²) < 4.78 is 3.03. The topological polar surface area (TPSA) is 51.0 Å². The van der Waals surface area contributed by atoms with Gasteiger partial charge in [0.25, 0.3) is 0 Å². The number of carbonyl (C=O) groups is 1. The zero-order valence-electron chi connectivity index (χ0n) is 18.8. The number of hydrogen-bond donors (Lipinski definition) is 0. The first kappa shape index (κ1) is 21.2. The average molecular weight is 433 g/mol. The van der Waals surface area contributed by atoms with Crippen molar-refractivity contribution in [3.63, 3.8) is 0 Å². The Kier molecular flexibility index (Phi) is 5.92. The first-order chi connectivity index (χ1) is 14.8. The first-order valence-corrected chi connectivity index (χ1v) is 11.4. The number of aryl methyl sites for hydroxylation is 4. The quantitative estimate of drug-likeness (QED) is 0.408. The second-order valence-corrected chi connectivity index (χ2v) is 9.14. The molecule has 0 saturated heterocycles. The number of rotatable bonds is 6. The van der Waals surface area contributed by atoms with Gasteiger partial charge >= 0.3 is 0 Å². The van der Waals surface area contributed by atoms with E-state index in [1.807, 2.05) is 41.8 Å². The molecule has 0 radical (unpaired) electrons. The molecule has 6 heteroatoms. The van der Waals surface area contributed by atoms with Crippen LogP contribution in [0.3, 0.4) is 0 Å². The molecule has 2 heterocycles. The summed E-state index contributed by atoms with van der Waals surface area (Å²) in [5, 5.41) is 5.25. The normalized spacial score (nSPS) is 11.3. The molecule has 0 fully saturated rings. The minimum Gasteiger partial charge on any atom is -0.284 e. The summed E-state index contributed by atoms with van der Waals surface area (Å²) in [6.07, 6.45) is 1.10. The number of benzene rings is 2. The highest BCUT2D eigenvalue weighted by molar-refractivity contribution is 7.22. The first-order valence-electron chi connectivity index (χ1n) is 10.5. The summed E-state index contributed by atoms with van der Waals surface area (Å²) in [5.41, 5.74) is 7.71. The van der Waals surface area contributed by atoms with E-state index in [2.05, 4.69) is 50.1 Å². The fourth-order valence-electron chi connectivity index (χ4n) is 4.06. The Bertz CT molecular complexity index is 1240. The lowest BCUT2D eigenvalue weighted by Gasteiger charge is -2.20. The largest absolute Gasteiger partial charge is 0.284 e. The maximum absolute atomic E-state index is 13.4. The maximum Gasteiger partial charge on any atom is 0.229 e. The van der Waals surface area contributed by atoms with Crippen molar-refractivity contribution in [3.8, 4) is 0 Å². The smallest absolute Gasteiger partial charge is 0.229 e. The van der Waals surface area contributed by atoms with Gasteiger partial charge in [0.05, 0.1) is 22.5 Å². The Morgan fingerprint density at radius 1 is 1.10 bits per heavy atom. The van der Waals surface area contributed by atoms with Gasteiger partial charge < -0.3 is 0 Å². The third kappa shape index (κ3) is 4.39. The van der Waals surface area contributed by atoms with E-state index in [0.717, 1.165) is 37.9 Å². The molecule has 160 valence electrons. The summed E-state index contributed by atoms with van der Waals surface area (Å²) >= 11 is 1.60. The van der Waals surface area contributed by atoms with Gasteiger partial charge in [-0.2, -0.15) is 5.10 Å². The van der Waals surface area contributed by atoms with Crippen LogP contribution in [0.25, 0.3) is 10.2 Å². The van der Waals surface area contributed by atoms with Crippen molar-refractivity contribution < 1.29 is 4.79 Å². The van der Waals surface area contributed by atoms with Gasteiger partial charge in [0.15, 0.2) is 5.13 Å². The zero-order chi connectivity index (χ0) is 22.1. The Hall–Kier alpha value is -2.99. The Morgan fingerprint density at radius 2 is 1.84 bits per heavy atom. The van der Waals surface area contributed by atoms with E-state index in [9.17, 15) is 4.79 Å². The van der Waals surface area contributed by atoms with Crippen LogP contribution < -0.4 is 4.90 Å². The van der Waals surface area contributed by atoms with Gasteiger partial charge in [0.1, 0.15) is 0 Å². The number of aromatic nitrogens is 3. The number of carbonyl (C=O) groups excluding carboxylic acids is 1. The molecule has 0 aliphatic carbocycles. The van der Waals surface area contributed by atoms with Crippen LogP contribution in [0.1, 0.15) is 40.1 Å². The van der Waals surface area contributed by atoms with Crippen LogP contribution in [0, 0.1) is 27.7 Å². The molecule has 0 saturated carbocycles. The number of anilines is 1. The van der Waals surface area contributed by atoms with Gasteiger partial charge in [-0.15, -0.1) is 0 Å². The fourth-order valence-corrected chi connectivity index (χ4v) is 5.09. The van der Waals surface area contributed by atoms with Crippen LogP contribution in [-0.4, -0.2) is 20.7 Å². The molecule has 5 nitrogen and oxygen atoms in total. The average Bonchev–Trinajstić information content (AvgIpc) is 3.26. The molecule has 0 atom stereocenters. The van der Waals surface area contributed by atoms with Crippen molar-refractivity contribution in [1.82, 2.24) is 14.8 Å². The molecule has 4 aromatic rings. The monoisotopic (exact) mass is 432 g/mol. The summed E-state index contributed by atoms with van der Waals surface area (Å²) in [4.78, 5) is 20.1. The molecule has 4 rings (SSSR count). The van der Waals surface area contributed by atoms with E-state index >= 15 is 0 Å². The van der Waals surface area contributed by atoms with E-state index < -0.39 is 0 Å². The lowest BCUT2D eigenvalue weighted by Crippen LogP contribution is -2.30. The molecular weight excluding hydrogens is 404 g/mol. The lowest BCUT2D eigenvalue weighted by atomic mass is 10.1. The van der Waals surface area contributed by atoms with Gasteiger partial charge in [0, 0.05) is 19.2 Å². The standard InChI is InChI=1S/C25H28N4OS/c1-16-13-17(2)24-22(14-16)26-25(31-24)29(15-20-9-7-6-8-10-20)23(30)12-11-21-18(3)27-28(5)19(21)4/h6-10,13-14H,11-12,15H2,1-5H3. The Morgan fingerprint density at radius 3 is 2.52 bits per heavy atom. The lowest BCUT2D eigenvalue weighted by molar-refractivity contribution is -0.118. The summed E-state index contributed by atoms with van der Waals surface area (Å²) in [6, 6.07) is 14.4. The van der Waals surface area contributed by atoms with Crippen molar-refractivity contribution in [2.24, 2.45) is 7.05 Å². The number of amides is 1. The number of thiazole rings is 1. The predicted octanol–water partition coefficient (Wildman–Crippen LogP) is 5.43. The second kappa shape index (κ2) is 8.63. The van der Waals surface area contributed by atoms with Crippen LogP contribution >= 0.6 is 11.3 Å². The van der Waals surface area contributed by atoms with E-state index in [0.29, 0.717) is 19.4 Å². The van der Waals surface area contributed by atoms with Gasteiger partial charge in [-0.1, -0.05) is 47.7 Å². The third-order valence-corrected chi connectivity index (χ3v) is 7.00. The molecule has 0 spiro atoms. The molecule has 1 amide bonds. The molecule has 0 unspecified atom stereocenters. The minimum absolute atomic E-state index is 0.0833. The molecule has 0 N–H and O–H groups in total. The van der Waals surface area contributed by atoms with E-state index in [-0.39, 0.29) is 5.91 Å². The minimum atomic E-state index is 0.0833. The van der Waals surface area contributed by atoms with Crippen LogP contribution in [0.2, 0.25) is 0 Å². The van der Waals surface area contributed by atoms with Crippen LogP contribution in [-0.2, 0) is 24.8 Å². The molecule has 31 heavy (non-hydrogen) atoms. The van der Waals surface area contributed by atoms with Crippen LogP contribution in [0.5, 0.6) is 0 Å². The van der Waals surface area contributed by atoms with Crippen molar-refractivity contribution in [2.75, 3.05) is 4.90 Å². The molecule has 2 aromatic carbocycles. The highest BCUT2D eigenvalue weighted by atomic mass is 32.1. The van der Waals surface area contributed by atoms with Crippen LogP contribution in [0.4, 0.5) is 5.13 Å². The molecule has 0 aliphatic rings. The molecule has 2 aromatic heterocycles. The Labute approximate surface area is 187 Å². The van der Waals surface area contributed by atoms with Crippen molar-refractivity contribution in [3.05, 3.63) is 76.1 Å². The SMILES string of the molecule is Cc1cc(C)c2sc(N(Cc3ccccc3)C(=O)CCc3c(C)nn(C)c3C)nc2c1. The van der Waals surface area contributed by atoms with Crippen molar-refractivity contribution >= 4 is 32.6 Å². The predicted molar refractivity (Wildman–Crippen MR) is 128 cm³/mol. The van der Waals surface area contributed by atoms with E-state index in [4.69, 9.17) is 4.98 Å². The summed E-state index contributed by atoms with van der Waals surface area (Å²) in [6.45, 7) is 8.77. The van der Waals surface area contributed by atoms with Gasteiger partial charge in [-0.25, -0.2) is 4.98 Å². The molecule has 0 aliphatic heterocycles. The fraction of sp³-hybridized carbons (Fsp3) is 0.320.